The highest BCUT2D eigenvalue weighted by Gasteiger charge is 2.59. The molecule has 20 heavy (non-hydrogen) atoms. The fraction of sp³-hybridized carbons (Fsp3) is 0.929. The molecule has 6 heteroatoms. The van der Waals surface area contributed by atoms with Crippen molar-refractivity contribution in [2.45, 2.75) is 63.3 Å². The van der Waals surface area contributed by atoms with Gasteiger partial charge in [0.2, 0.25) is 5.91 Å². The van der Waals surface area contributed by atoms with E-state index in [0.717, 1.165) is 13.0 Å². The zero-order chi connectivity index (χ0) is 13.5. The van der Waals surface area contributed by atoms with Crippen molar-refractivity contribution in [1.29, 1.82) is 0 Å². The van der Waals surface area contributed by atoms with Gasteiger partial charge in [0.1, 0.15) is 0 Å². The van der Waals surface area contributed by atoms with Crippen LogP contribution in [0, 0.1) is 5.41 Å². The maximum Gasteiger partial charge on any atom is 0.237 e. The monoisotopic (exact) mass is 304 g/mol. The summed E-state index contributed by atoms with van der Waals surface area (Å²) in [5.74, 6) is 0.0442. The first kappa shape index (κ1) is 16.0. The second kappa shape index (κ2) is 6.18. The van der Waals surface area contributed by atoms with Gasteiger partial charge in [-0.3, -0.25) is 4.79 Å². The second-order valence-electron chi connectivity index (χ2n) is 6.18. The summed E-state index contributed by atoms with van der Waals surface area (Å²) in [5, 5.41) is 15.7. The molecule has 2 aliphatic carbocycles. The van der Waals surface area contributed by atoms with Crippen LogP contribution in [0.1, 0.15) is 39.0 Å². The Balaban J connectivity index is 0.00000147. The molecule has 3 fully saturated rings. The highest BCUT2D eigenvalue weighted by atomic mass is 35.5. The number of ether oxygens (including phenoxy) is 1. The van der Waals surface area contributed by atoms with Crippen molar-refractivity contribution in [3.8, 4) is 0 Å². The summed E-state index contributed by atoms with van der Waals surface area (Å²) in [4.78, 5) is 12.2. The number of carbonyl (C=O) groups is 1. The Kier molecular flexibility index (Phi) is 4.95. The van der Waals surface area contributed by atoms with E-state index in [1.54, 1.807) is 0 Å². The highest BCUT2D eigenvalue weighted by molar-refractivity contribution is 5.85. The number of hydrogen-bond acceptors (Lipinski definition) is 4. The van der Waals surface area contributed by atoms with Crippen LogP contribution in [0.25, 0.3) is 0 Å². The van der Waals surface area contributed by atoms with E-state index in [-0.39, 0.29) is 41.9 Å². The van der Waals surface area contributed by atoms with Gasteiger partial charge in [0.05, 0.1) is 18.2 Å². The topological polar surface area (TPSA) is 70.6 Å². The molecule has 1 heterocycles. The molecule has 1 amide bonds. The van der Waals surface area contributed by atoms with Crippen molar-refractivity contribution >= 4 is 18.3 Å². The molecule has 4 atom stereocenters. The van der Waals surface area contributed by atoms with Crippen LogP contribution in [0.15, 0.2) is 0 Å². The summed E-state index contributed by atoms with van der Waals surface area (Å²) in [6.45, 7) is 3.31. The Labute approximate surface area is 126 Å². The summed E-state index contributed by atoms with van der Waals surface area (Å²) < 4.78 is 5.78. The largest absolute Gasteiger partial charge is 0.392 e. The van der Waals surface area contributed by atoms with Crippen LogP contribution in [-0.2, 0) is 9.53 Å². The maximum absolute atomic E-state index is 12.2. The molecule has 0 aromatic heterocycles. The number of amides is 1. The van der Waals surface area contributed by atoms with Crippen LogP contribution in [0.2, 0.25) is 0 Å². The standard InChI is InChI=1S/C14H24N2O3.ClH/c1-2-19-12-7-11(14(12)4-3-5-14)16-13(18)10-6-9(17)8-15-10;/h9-12,15,17H,2-8H2,1H3,(H,16,18);1H. The lowest BCUT2D eigenvalue weighted by Crippen LogP contribution is -2.68. The number of aliphatic hydroxyl groups excluding tert-OH is 1. The number of hydrogen-bond donors (Lipinski definition) is 3. The van der Waals surface area contributed by atoms with Crippen LogP contribution >= 0.6 is 12.4 Å². The summed E-state index contributed by atoms with van der Waals surface area (Å²) in [6.07, 6.45) is 5.00. The van der Waals surface area contributed by atoms with E-state index >= 15 is 0 Å². The van der Waals surface area contributed by atoms with Crippen molar-refractivity contribution < 1.29 is 14.6 Å². The molecular formula is C14H25ClN2O3. The van der Waals surface area contributed by atoms with Crippen LogP contribution in [-0.4, -0.2) is 48.5 Å². The Morgan fingerprint density at radius 1 is 1.45 bits per heavy atom. The number of aliphatic hydroxyl groups is 1. The van der Waals surface area contributed by atoms with Gasteiger partial charge in [-0.05, 0) is 32.6 Å². The number of nitrogens with one attached hydrogen (secondary N) is 2. The summed E-state index contributed by atoms with van der Waals surface area (Å²) in [5.41, 5.74) is 0.211. The minimum atomic E-state index is -0.383. The Morgan fingerprint density at radius 2 is 2.20 bits per heavy atom. The Hall–Kier alpha value is -0.360. The van der Waals surface area contributed by atoms with Crippen LogP contribution in [0.4, 0.5) is 0 Å². The van der Waals surface area contributed by atoms with Gasteiger partial charge in [0, 0.05) is 24.6 Å². The van der Waals surface area contributed by atoms with Gasteiger partial charge in [-0.1, -0.05) is 6.42 Å². The van der Waals surface area contributed by atoms with Crippen molar-refractivity contribution in [2.24, 2.45) is 5.41 Å². The van der Waals surface area contributed by atoms with Crippen LogP contribution in [0.3, 0.4) is 0 Å². The van der Waals surface area contributed by atoms with Gasteiger partial charge >= 0.3 is 0 Å². The lowest BCUT2D eigenvalue weighted by atomic mass is 9.51. The van der Waals surface area contributed by atoms with E-state index in [2.05, 4.69) is 10.6 Å². The molecule has 0 aromatic rings. The molecule has 1 saturated heterocycles. The fourth-order valence-corrected chi connectivity index (χ4v) is 3.83. The third kappa shape index (κ3) is 2.56. The first-order valence-corrected chi connectivity index (χ1v) is 7.49. The Morgan fingerprint density at radius 3 is 2.70 bits per heavy atom. The van der Waals surface area contributed by atoms with Gasteiger partial charge in [0.15, 0.2) is 0 Å². The summed E-state index contributed by atoms with van der Waals surface area (Å²) in [7, 11) is 0. The number of β-amino-alcohol motifs (C(OH)–C–C–N with tert-alkyl or cyclic N) is 1. The second-order valence-corrected chi connectivity index (χ2v) is 6.18. The predicted molar refractivity (Wildman–Crippen MR) is 77.9 cm³/mol. The average molecular weight is 305 g/mol. The van der Waals surface area contributed by atoms with E-state index in [9.17, 15) is 9.90 Å². The van der Waals surface area contributed by atoms with Gasteiger partial charge in [-0.2, -0.15) is 0 Å². The zero-order valence-electron chi connectivity index (χ0n) is 11.9. The summed E-state index contributed by atoms with van der Waals surface area (Å²) >= 11 is 0. The van der Waals surface area contributed by atoms with Gasteiger partial charge in [-0.15, -0.1) is 12.4 Å². The zero-order valence-corrected chi connectivity index (χ0v) is 12.7. The Bertz CT molecular complexity index is 362. The fourth-order valence-electron chi connectivity index (χ4n) is 3.83. The molecule has 4 unspecified atom stereocenters. The molecule has 1 aliphatic heterocycles. The lowest BCUT2D eigenvalue weighted by molar-refractivity contribution is -0.176. The minimum Gasteiger partial charge on any atom is -0.392 e. The van der Waals surface area contributed by atoms with E-state index in [1.807, 2.05) is 6.92 Å². The molecule has 0 bridgehead atoms. The van der Waals surface area contributed by atoms with Gasteiger partial charge in [0.25, 0.3) is 0 Å². The molecule has 0 aromatic carbocycles. The quantitative estimate of drug-likeness (QED) is 0.711. The molecule has 0 radical (unpaired) electrons. The minimum absolute atomic E-state index is 0. The average Bonchev–Trinajstić information content (AvgIpc) is 2.72. The molecule has 3 rings (SSSR count). The van der Waals surface area contributed by atoms with E-state index < -0.39 is 0 Å². The van der Waals surface area contributed by atoms with Gasteiger partial charge < -0.3 is 20.5 Å². The third-order valence-corrected chi connectivity index (χ3v) is 5.18. The molecule has 5 nitrogen and oxygen atoms in total. The van der Waals surface area contributed by atoms with Crippen molar-refractivity contribution in [3.05, 3.63) is 0 Å². The normalized spacial score (nSPS) is 37.7. The number of carbonyl (C=O) groups excluding carboxylic acids is 1. The van der Waals surface area contributed by atoms with Gasteiger partial charge in [-0.25, -0.2) is 0 Å². The SMILES string of the molecule is CCOC1CC(NC(=O)C2CC(O)CN2)C12CCC2.Cl. The number of halogens is 1. The third-order valence-electron chi connectivity index (χ3n) is 5.18. The highest BCUT2D eigenvalue weighted by Crippen LogP contribution is 2.57. The molecule has 3 aliphatic rings. The predicted octanol–water partition coefficient (Wildman–Crippen LogP) is 0.595. The molecular weight excluding hydrogens is 280 g/mol. The smallest absolute Gasteiger partial charge is 0.237 e. The van der Waals surface area contributed by atoms with Crippen LogP contribution < -0.4 is 10.6 Å². The molecule has 3 N–H and O–H groups in total. The molecule has 116 valence electrons. The first-order valence-electron chi connectivity index (χ1n) is 7.49. The van der Waals surface area contributed by atoms with Crippen molar-refractivity contribution in [1.82, 2.24) is 10.6 Å². The first-order chi connectivity index (χ1) is 9.15. The lowest BCUT2D eigenvalue weighted by Gasteiger charge is -2.61. The molecule has 1 spiro atoms. The van der Waals surface area contributed by atoms with E-state index in [1.165, 1.54) is 19.3 Å². The van der Waals surface area contributed by atoms with E-state index in [0.29, 0.717) is 19.1 Å². The number of rotatable bonds is 4. The van der Waals surface area contributed by atoms with Crippen molar-refractivity contribution in [3.63, 3.8) is 0 Å². The molecule has 2 saturated carbocycles. The van der Waals surface area contributed by atoms with Crippen LogP contribution in [0.5, 0.6) is 0 Å². The summed E-state index contributed by atoms with van der Waals surface area (Å²) in [6, 6.07) is 0.0445. The van der Waals surface area contributed by atoms with E-state index in [4.69, 9.17) is 4.74 Å². The maximum atomic E-state index is 12.2. The van der Waals surface area contributed by atoms with Crippen molar-refractivity contribution in [2.75, 3.05) is 13.2 Å².